The van der Waals surface area contributed by atoms with E-state index in [2.05, 4.69) is 17.2 Å². The van der Waals surface area contributed by atoms with Gasteiger partial charge in [0.15, 0.2) is 0 Å². The third-order valence-corrected chi connectivity index (χ3v) is 4.71. The number of hydrogen-bond acceptors (Lipinski definition) is 4. The molecule has 124 valence electrons. The van der Waals surface area contributed by atoms with Crippen LogP contribution in [0.25, 0.3) is 11.0 Å². The molecule has 1 aliphatic rings. The molecule has 0 saturated carbocycles. The molecule has 1 N–H and O–H groups in total. The topological polar surface area (TPSA) is 47.3 Å². The van der Waals surface area contributed by atoms with Crippen LogP contribution < -0.4 is 5.32 Å². The zero-order chi connectivity index (χ0) is 16.5. The van der Waals surface area contributed by atoms with Crippen LogP contribution in [0.1, 0.15) is 23.8 Å². The Balaban J connectivity index is 1.63. The molecule has 3 aromatic rings. The number of anilines is 1. The SMILES string of the molecule is CC1CNc2c(Cl)ccc3oc(COCc4cccnc4)c(c23)C1. The van der Waals surface area contributed by atoms with Gasteiger partial charge in [-0.3, -0.25) is 4.98 Å². The minimum Gasteiger partial charge on any atom is -0.458 e. The summed E-state index contributed by atoms with van der Waals surface area (Å²) in [5.74, 6) is 1.40. The Morgan fingerprint density at radius 2 is 2.25 bits per heavy atom. The monoisotopic (exact) mass is 342 g/mol. The summed E-state index contributed by atoms with van der Waals surface area (Å²) in [7, 11) is 0. The summed E-state index contributed by atoms with van der Waals surface area (Å²) in [6.45, 7) is 4.10. The van der Waals surface area contributed by atoms with E-state index in [1.54, 1.807) is 6.20 Å². The summed E-state index contributed by atoms with van der Waals surface area (Å²) in [5.41, 5.74) is 4.12. The molecule has 0 saturated heterocycles. The van der Waals surface area contributed by atoms with Crippen LogP contribution in [0.4, 0.5) is 5.69 Å². The molecule has 0 aliphatic carbocycles. The number of nitrogens with zero attached hydrogens (tertiary/aromatic N) is 1. The van der Waals surface area contributed by atoms with Gasteiger partial charge in [0, 0.05) is 29.9 Å². The number of benzene rings is 1. The second-order valence-electron chi connectivity index (χ2n) is 6.34. The van der Waals surface area contributed by atoms with E-state index in [9.17, 15) is 0 Å². The summed E-state index contributed by atoms with van der Waals surface area (Å²) in [4.78, 5) is 4.11. The van der Waals surface area contributed by atoms with Crippen molar-refractivity contribution in [3.63, 3.8) is 0 Å². The van der Waals surface area contributed by atoms with Gasteiger partial charge in [0.1, 0.15) is 18.0 Å². The number of nitrogens with one attached hydrogen (secondary N) is 1. The fourth-order valence-corrected chi connectivity index (χ4v) is 3.45. The minimum absolute atomic E-state index is 0.447. The molecule has 4 rings (SSSR count). The van der Waals surface area contributed by atoms with Crippen molar-refractivity contribution in [2.24, 2.45) is 5.92 Å². The maximum Gasteiger partial charge on any atom is 0.136 e. The van der Waals surface area contributed by atoms with Crippen molar-refractivity contribution in [3.05, 3.63) is 58.6 Å². The van der Waals surface area contributed by atoms with Gasteiger partial charge < -0.3 is 14.5 Å². The molecule has 4 nitrogen and oxygen atoms in total. The van der Waals surface area contributed by atoms with Crippen molar-refractivity contribution in [2.45, 2.75) is 26.6 Å². The number of rotatable bonds is 4. The van der Waals surface area contributed by atoms with E-state index in [-0.39, 0.29) is 0 Å². The van der Waals surface area contributed by atoms with Crippen molar-refractivity contribution in [3.8, 4) is 0 Å². The predicted octanol–water partition coefficient (Wildman–Crippen LogP) is 4.80. The number of hydrogen-bond donors (Lipinski definition) is 1. The van der Waals surface area contributed by atoms with Crippen LogP contribution in [0.5, 0.6) is 0 Å². The van der Waals surface area contributed by atoms with E-state index in [4.69, 9.17) is 20.8 Å². The van der Waals surface area contributed by atoms with Crippen molar-refractivity contribution in [1.29, 1.82) is 0 Å². The van der Waals surface area contributed by atoms with E-state index < -0.39 is 0 Å². The van der Waals surface area contributed by atoms with Gasteiger partial charge in [-0.1, -0.05) is 24.6 Å². The highest BCUT2D eigenvalue weighted by molar-refractivity contribution is 6.35. The molecule has 3 heterocycles. The average molecular weight is 343 g/mol. The highest BCUT2D eigenvalue weighted by Crippen LogP contribution is 2.40. The lowest BCUT2D eigenvalue weighted by atomic mass is 10.00. The molecular weight excluding hydrogens is 324 g/mol. The zero-order valence-electron chi connectivity index (χ0n) is 13.5. The summed E-state index contributed by atoms with van der Waals surface area (Å²) >= 11 is 6.38. The summed E-state index contributed by atoms with van der Waals surface area (Å²) in [5, 5.41) is 5.30. The number of ether oxygens (including phenoxy) is 1. The van der Waals surface area contributed by atoms with Crippen LogP contribution in [0.2, 0.25) is 5.02 Å². The molecule has 1 aromatic carbocycles. The number of furan rings is 1. The smallest absolute Gasteiger partial charge is 0.136 e. The quantitative estimate of drug-likeness (QED) is 0.739. The number of aromatic nitrogens is 1. The molecule has 24 heavy (non-hydrogen) atoms. The standard InChI is InChI=1S/C19H19ClN2O2/c1-12-7-14-17(11-23-10-13-3-2-6-21-9-13)24-16-5-4-15(20)19(18(14)16)22-8-12/h2-6,9,12,22H,7-8,10-11H2,1H3. The lowest BCUT2D eigenvalue weighted by molar-refractivity contribution is 0.0930. The molecule has 0 spiro atoms. The van der Waals surface area contributed by atoms with Crippen LogP contribution in [0.15, 0.2) is 41.1 Å². The third-order valence-electron chi connectivity index (χ3n) is 4.39. The van der Waals surface area contributed by atoms with Crippen molar-refractivity contribution in [1.82, 2.24) is 4.98 Å². The van der Waals surface area contributed by atoms with Crippen molar-refractivity contribution >= 4 is 28.3 Å². The lowest BCUT2D eigenvalue weighted by Crippen LogP contribution is -2.11. The highest BCUT2D eigenvalue weighted by Gasteiger charge is 2.24. The molecule has 0 amide bonds. The molecule has 1 unspecified atom stereocenters. The maximum absolute atomic E-state index is 6.38. The second kappa shape index (κ2) is 6.46. The molecule has 1 atom stereocenters. The van der Waals surface area contributed by atoms with Gasteiger partial charge in [-0.25, -0.2) is 0 Å². The van der Waals surface area contributed by atoms with Crippen molar-refractivity contribution < 1.29 is 9.15 Å². The summed E-state index contributed by atoms with van der Waals surface area (Å²) < 4.78 is 11.9. The fourth-order valence-electron chi connectivity index (χ4n) is 3.22. The van der Waals surface area contributed by atoms with E-state index in [0.717, 1.165) is 46.0 Å². The molecule has 1 aliphatic heterocycles. The van der Waals surface area contributed by atoms with E-state index >= 15 is 0 Å². The first kappa shape index (κ1) is 15.5. The largest absolute Gasteiger partial charge is 0.458 e. The van der Waals surface area contributed by atoms with Gasteiger partial charge in [0.25, 0.3) is 0 Å². The molecule has 5 heteroatoms. The molecule has 0 fully saturated rings. The van der Waals surface area contributed by atoms with E-state index in [1.165, 1.54) is 5.56 Å². The first-order valence-corrected chi connectivity index (χ1v) is 8.53. The summed E-state index contributed by atoms with van der Waals surface area (Å²) in [6.07, 6.45) is 4.53. The summed E-state index contributed by atoms with van der Waals surface area (Å²) in [6, 6.07) is 7.74. The first-order chi connectivity index (χ1) is 11.7. The van der Waals surface area contributed by atoms with Gasteiger partial charge in [-0.05, 0) is 36.1 Å². The Morgan fingerprint density at radius 1 is 1.33 bits per heavy atom. The fraction of sp³-hybridized carbons (Fsp3) is 0.316. The highest BCUT2D eigenvalue weighted by atomic mass is 35.5. The Morgan fingerprint density at radius 3 is 3.08 bits per heavy atom. The maximum atomic E-state index is 6.38. The Hall–Kier alpha value is -2.04. The van der Waals surface area contributed by atoms with E-state index in [1.807, 2.05) is 30.5 Å². The van der Waals surface area contributed by atoms with E-state index in [0.29, 0.717) is 19.1 Å². The van der Waals surface area contributed by atoms with Crippen molar-refractivity contribution in [2.75, 3.05) is 11.9 Å². The third kappa shape index (κ3) is 2.87. The molecule has 0 radical (unpaired) electrons. The Labute approximate surface area is 145 Å². The van der Waals surface area contributed by atoms with Crippen LogP contribution >= 0.6 is 11.6 Å². The van der Waals surface area contributed by atoms with Crippen LogP contribution in [-0.4, -0.2) is 11.5 Å². The van der Waals surface area contributed by atoms with Crippen LogP contribution in [0, 0.1) is 5.92 Å². The Kier molecular flexibility index (Phi) is 4.17. The molecular formula is C19H19ClN2O2. The molecule has 2 aromatic heterocycles. The Bertz CT molecular complexity index is 861. The lowest BCUT2D eigenvalue weighted by Gasteiger charge is -2.10. The minimum atomic E-state index is 0.447. The van der Waals surface area contributed by atoms with Gasteiger partial charge in [-0.2, -0.15) is 0 Å². The zero-order valence-corrected chi connectivity index (χ0v) is 14.3. The predicted molar refractivity (Wildman–Crippen MR) is 95.3 cm³/mol. The molecule has 0 bridgehead atoms. The van der Waals surface area contributed by atoms with Gasteiger partial charge in [0.2, 0.25) is 0 Å². The second-order valence-corrected chi connectivity index (χ2v) is 6.75. The van der Waals surface area contributed by atoms with Gasteiger partial charge in [-0.15, -0.1) is 0 Å². The van der Waals surface area contributed by atoms with Crippen LogP contribution in [0.3, 0.4) is 0 Å². The van der Waals surface area contributed by atoms with Crippen LogP contribution in [-0.2, 0) is 24.4 Å². The number of halogens is 1. The first-order valence-electron chi connectivity index (χ1n) is 8.15. The normalized spacial score (nSPS) is 16.8. The van der Waals surface area contributed by atoms with Gasteiger partial charge in [0.05, 0.1) is 17.3 Å². The average Bonchev–Trinajstić information content (AvgIpc) is 2.81. The van der Waals surface area contributed by atoms with Gasteiger partial charge >= 0.3 is 0 Å². The number of pyridine rings is 1.